The number of nitrogens with zero attached hydrogens (tertiary/aromatic N) is 3. The average molecular weight is 660 g/mol. The molecule has 2 aliphatic rings. The first-order valence-electron chi connectivity index (χ1n) is 15.1. The highest BCUT2D eigenvalue weighted by Gasteiger charge is 2.34. The number of halogens is 2. The van der Waals surface area contributed by atoms with Crippen LogP contribution in [0.15, 0.2) is 95.9 Å². The Morgan fingerprint density at radius 1 is 0.800 bits per heavy atom. The Labute approximate surface area is 272 Å². The number of hydrogen-bond acceptors (Lipinski definition) is 4. The number of aromatic nitrogens is 2. The summed E-state index contributed by atoms with van der Waals surface area (Å²) in [5.74, 6) is -0.586. The molecule has 1 amide bonds. The van der Waals surface area contributed by atoms with Crippen molar-refractivity contribution in [3.8, 4) is 0 Å². The number of amides is 1. The van der Waals surface area contributed by atoms with Gasteiger partial charge in [0.1, 0.15) is 0 Å². The fraction of sp³-hybridized carbons (Fsp3) is 0.257. The van der Waals surface area contributed by atoms with Crippen LogP contribution in [0.1, 0.15) is 76.3 Å². The molecule has 0 atom stereocenters. The number of sulfonamides is 1. The topological polar surface area (TPSA) is 98.3 Å². The van der Waals surface area contributed by atoms with E-state index in [1.807, 2.05) is 24.3 Å². The highest BCUT2D eigenvalue weighted by Crippen LogP contribution is 2.43. The molecule has 5 aromatic rings. The normalized spacial score (nSPS) is 16.4. The highest BCUT2D eigenvalue weighted by atomic mass is 35.5. The Kier molecular flexibility index (Phi) is 7.94. The lowest BCUT2D eigenvalue weighted by Crippen LogP contribution is -2.38. The Morgan fingerprint density at radius 3 is 1.98 bits per heavy atom. The quantitative estimate of drug-likeness (QED) is 0.174. The van der Waals surface area contributed by atoms with Gasteiger partial charge in [0.25, 0.3) is 0 Å². The fourth-order valence-corrected chi connectivity index (χ4v) is 8.25. The molecule has 0 spiro atoms. The predicted octanol–water partition coefficient (Wildman–Crippen LogP) is 7.53. The van der Waals surface area contributed by atoms with E-state index in [0.29, 0.717) is 42.0 Å². The molecule has 230 valence electrons. The van der Waals surface area contributed by atoms with Crippen molar-refractivity contribution in [1.82, 2.24) is 14.1 Å². The first kappa shape index (κ1) is 30.0. The second-order valence-corrected chi connectivity index (χ2v) is 14.8. The first-order chi connectivity index (χ1) is 21.7. The molecule has 1 saturated carbocycles. The van der Waals surface area contributed by atoms with Gasteiger partial charge in [-0.2, -0.15) is 9.40 Å². The summed E-state index contributed by atoms with van der Waals surface area (Å²) in [6, 6.07) is 28.9. The summed E-state index contributed by atoms with van der Waals surface area (Å²) in [4.78, 5) is 11.8. The van der Waals surface area contributed by atoms with Crippen LogP contribution in [0.25, 0.3) is 10.9 Å². The van der Waals surface area contributed by atoms with Crippen molar-refractivity contribution in [2.45, 2.75) is 48.5 Å². The van der Waals surface area contributed by atoms with Crippen LogP contribution in [0.5, 0.6) is 0 Å². The SMILES string of the molecule is NC(=O)c1cccc(S(=O)(=O)N2CCC(c3nn(C4CC4)c4ccc(C(c5ccc(Cl)cc5)c5ccc(Cl)cc5)cc34)CC2)c1. The van der Waals surface area contributed by atoms with E-state index >= 15 is 0 Å². The molecule has 2 heterocycles. The molecule has 7 rings (SSSR count). The maximum atomic E-state index is 13.5. The van der Waals surface area contributed by atoms with Gasteiger partial charge < -0.3 is 5.73 Å². The minimum atomic E-state index is -3.77. The molecular formula is C35H32Cl2N4O3S. The van der Waals surface area contributed by atoms with Gasteiger partial charge in [-0.3, -0.25) is 9.48 Å². The zero-order chi connectivity index (χ0) is 31.3. The molecule has 7 nitrogen and oxygen atoms in total. The van der Waals surface area contributed by atoms with Gasteiger partial charge in [0.05, 0.1) is 22.1 Å². The van der Waals surface area contributed by atoms with E-state index in [1.54, 1.807) is 6.07 Å². The molecular weight excluding hydrogens is 627 g/mol. The number of carbonyl (C=O) groups excluding carboxylic acids is 1. The van der Waals surface area contributed by atoms with E-state index in [1.165, 1.54) is 22.5 Å². The standard InChI is InChI=1S/C35H32Cl2N4O3S/c36-27-9-4-22(5-10-27)33(23-6-11-28(37)12-7-23)25-8-15-32-31(21-25)34(39-41(32)29-13-14-29)24-16-18-40(19-17-24)45(43,44)30-3-1-2-26(20-30)35(38)42/h1-12,15,20-21,24,29,33H,13-14,16-19H2,(H2,38,42). The van der Waals surface area contributed by atoms with Crippen LogP contribution >= 0.6 is 23.2 Å². The molecule has 2 fully saturated rings. The van der Waals surface area contributed by atoms with Crippen molar-refractivity contribution in [2.24, 2.45) is 5.73 Å². The lowest BCUT2D eigenvalue weighted by molar-refractivity contribution is 0.1000. The largest absolute Gasteiger partial charge is 0.366 e. The van der Waals surface area contributed by atoms with E-state index < -0.39 is 15.9 Å². The second kappa shape index (κ2) is 11.9. The number of hydrogen-bond donors (Lipinski definition) is 1. The number of fused-ring (bicyclic) bond motifs is 1. The number of carbonyl (C=O) groups is 1. The summed E-state index contributed by atoms with van der Waals surface area (Å²) in [7, 11) is -3.77. The van der Waals surface area contributed by atoms with Gasteiger partial charge in [-0.1, -0.05) is 59.6 Å². The number of rotatable bonds is 8. The number of benzene rings is 4. The van der Waals surface area contributed by atoms with Crippen LogP contribution in [0.2, 0.25) is 10.0 Å². The summed E-state index contributed by atoms with van der Waals surface area (Å²) < 4.78 is 30.7. The second-order valence-electron chi connectivity index (χ2n) is 11.9. The van der Waals surface area contributed by atoms with Gasteiger partial charge in [-0.15, -0.1) is 0 Å². The van der Waals surface area contributed by atoms with E-state index in [9.17, 15) is 13.2 Å². The number of primary amides is 1. The zero-order valence-corrected chi connectivity index (χ0v) is 26.8. The summed E-state index contributed by atoms with van der Waals surface area (Å²) in [5, 5.41) is 7.67. The van der Waals surface area contributed by atoms with Gasteiger partial charge in [0.15, 0.2) is 0 Å². The summed E-state index contributed by atoms with van der Waals surface area (Å²) in [6.45, 7) is 0.729. The zero-order valence-electron chi connectivity index (χ0n) is 24.4. The summed E-state index contributed by atoms with van der Waals surface area (Å²) in [6.07, 6.45) is 3.51. The van der Waals surface area contributed by atoms with Crippen molar-refractivity contribution in [3.63, 3.8) is 0 Å². The van der Waals surface area contributed by atoms with Crippen molar-refractivity contribution in [2.75, 3.05) is 13.1 Å². The van der Waals surface area contributed by atoms with Crippen molar-refractivity contribution in [3.05, 3.63) is 129 Å². The minimum absolute atomic E-state index is 0.0378. The Hall–Kier alpha value is -3.69. The van der Waals surface area contributed by atoms with Crippen LogP contribution in [0.3, 0.4) is 0 Å². The van der Waals surface area contributed by atoms with Crippen molar-refractivity contribution in [1.29, 1.82) is 0 Å². The number of piperidine rings is 1. The lowest BCUT2D eigenvalue weighted by atomic mass is 9.84. The van der Waals surface area contributed by atoms with Gasteiger partial charge in [-0.05, 0) is 97.0 Å². The molecule has 1 aromatic heterocycles. The maximum absolute atomic E-state index is 13.5. The predicted molar refractivity (Wildman–Crippen MR) is 178 cm³/mol. The van der Waals surface area contributed by atoms with Gasteiger partial charge in [0.2, 0.25) is 15.9 Å². The Balaban J connectivity index is 1.23. The van der Waals surface area contributed by atoms with E-state index in [2.05, 4.69) is 47.1 Å². The number of nitrogens with two attached hydrogens (primary N) is 1. The molecule has 0 radical (unpaired) electrons. The molecule has 0 bridgehead atoms. The van der Waals surface area contributed by atoms with Crippen LogP contribution in [0, 0.1) is 0 Å². The van der Waals surface area contributed by atoms with Gasteiger partial charge in [0, 0.05) is 45.9 Å². The molecule has 1 aliphatic heterocycles. The highest BCUT2D eigenvalue weighted by molar-refractivity contribution is 7.89. The van der Waals surface area contributed by atoms with Crippen molar-refractivity contribution < 1.29 is 13.2 Å². The molecule has 10 heteroatoms. The van der Waals surface area contributed by atoms with Crippen LogP contribution in [-0.2, 0) is 10.0 Å². The Bertz CT molecular complexity index is 1950. The van der Waals surface area contributed by atoms with Crippen LogP contribution < -0.4 is 5.73 Å². The van der Waals surface area contributed by atoms with Crippen LogP contribution in [0.4, 0.5) is 0 Å². The first-order valence-corrected chi connectivity index (χ1v) is 17.3. The average Bonchev–Trinajstić information content (AvgIpc) is 3.83. The lowest BCUT2D eigenvalue weighted by Gasteiger charge is -2.30. The summed E-state index contributed by atoms with van der Waals surface area (Å²) >= 11 is 12.5. The molecule has 4 aromatic carbocycles. The molecule has 45 heavy (non-hydrogen) atoms. The third-order valence-corrected chi connectivity index (χ3v) is 11.4. The van der Waals surface area contributed by atoms with E-state index in [4.69, 9.17) is 34.0 Å². The monoisotopic (exact) mass is 658 g/mol. The van der Waals surface area contributed by atoms with Crippen molar-refractivity contribution >= 4 is 50.0 Å². The molecule has 2 N–H and O–H groups in total. The maximum Gasteiger partial charge on any atom is 0.248 e. The molecule has 1 saturated heterocycles. The fourth-order valence-electron chi connectivity index (χ4n) is 6.48. The Morgan fingerprint density at radius 2 is 1.40 bits per heavy atom. The minimum Gasteiger partial charge on any atom is -0.366 e. The molecule has 0 unspecified atom stereocenters. The third-order valence-electron chi connectivity index (χ3n) is 8.99. The van der Waals surface area contributed by atoms with E-state index in [-0.39, 0.29) is 22.3 Å². The third kappa shape index (κ3) is 5.88. The smallest absolute Gasteiger partial charge is 0.248 e. The van der Waals surface area contributed by atoms with Crippen LogP contribution in [-0.4, -0.2) is 41.5 Å². The van der Waals surface area contributed by atoms with E-state index in [0.717, 1.165) is 46.1 Å². The van der Waals surface area contributed by atoms with Gasteiger partial charge >= 0.3 is 0 Å². The van der Waals surface area contributed by atoms with Gasteiger partial charge in [-0.25, -0.2) is 8.42 Å². The summed E-state index contributed by atoms with van der Waals surface area (Å²) in [5.41, 5.74) is 11.1. The molecule has 1 aliphatic carbocycles.